The molecule has 0 aliphatic heterocycles. The van der Waals surface area contributed by atoms with Crippen LogP contribution in [0.1, 0.15) is 0 Å². The van der Waals surface area contributed by atoms with Crippen molar-refractivity contribution in [2.24, 2.45) is 0 Å². The Morgan fingerprint density at radius 2 is 0.673 bits per heavy atom. The van der Waals surface area contributed by atoms with Crippen molar-refractivity contribution in [2.45, 2.75) is 0 Å². The number of fused-ring (bicyclic) bond motifs is 6. The third-order valence-electron chi connectivity index (χ3n) is 10.7. The Bertz CT molecular complexity index is 3180. The fourth-order valence-electron chi connectivity index (χ4n) is 8.09. The Morgan fingerprint density at radius 1 is 0.291 bits per heavy atom. The van der Waals surface area contributed by atoms with Gasteiger partial charge in [-0.05, 0) is 113 Å². The highest BCUT2D eigenvalue weighted by molar-refractivity contribution is 6.13. The second-order valence-corrected chi connectivity index (χ2v) is 13.9. The topological polar surface area (TPSA) is 48.8 Å². The summed E-state index contributed by atoms with van der Waals surface area (Å²) in [6.07, 6.45) is 0. The van der Waals surface area contributed by atoms with Crippen LogP contribution in [0.25, 0.3) is 100 Å². The van der Waals surface area contributed by atoms with Gasteiger partial charge in [0.1, 0.15) is 0 Å². The van der Waals surface area contributed by atoms with E-state index in [-0.39, 0.29) is 0 Å². The Hall–Kier alpha value is -7.50. The molecule has 55 heavy (non-hydrogen) atoms. The smallest absolute Gasteiger partial charge is 0.248 e. The van der Waals surface area contributed by atoms with Gasteiger partial charge >= 0.3 is 0 Å². The monoisotopic (exact) mass is 704 g/mol. The quantitative estimate of drug-likeness (QED) is 0.173. The van der Waals surface area contributed by atoms with Gasteiger partial charge in [0.25, 0.3) is 0 Å². The minimum atomic E-state index is 0.498. The largest absolute Gasteiger partial charge is 0.416 e. The van der Waals surface area contributed by atoms with E-state index in [1.807, 2.05) is 30.3 Å². The SMILES string of the molecule is c1ccc(-c2ccc3c(c2)c2cc(-c4ccc5c(c4)c4ccccc4n5-c4ccc(-c5nnc(-c6ccccc6)o5)cc4)ccc2n3-c2ccccc2)cc1. The van der Waals surface area contributed by atoms with Gasteiger partial charge in [-0.25, -0.2) is 0 Å². The first-order valence-electron chi connectivity index (χ1n) is 18.5. The lowest BCUT2D eigenvalue weighted by molar-refractivity contribution is 0.584. The van der Waals surface area contributed by atoms with Crippen molar-refractivity contribution >= 4 is 43.6 Å². The number of nitrogens with zero attached hydrogens (tertiary/aromatic N) is 4. The van der Waals surface area contributed by atoms with E-state index in [1.165, 1.54) is 54.8 Å². The summed E-state index contributed by atoms with van der Waals surface area (Å²) in [5.74, 6) is 1.01. The van der Waals surface area contributed by atoms with Gasteiger partial charge in [0.15, 0.2) is 0 Å². The van der Waals surface area contributed by atoms with E-state index in [4.69, 9.17) is 4.42 Å². The Labute approximate surface area is 317 Å². The number of hydrogen-bond donors (Lipinski definition) is 0. The van der Waals surface area contributed by atoms with Crippen LogP contribution >= 0.6 is 0 Å². The molecule has 0 unspecified atom stereocenters. The van der Waals surface area contributed by atoms with Crippen molar-refractivity contribution < 1.29 is 4.42 Å². The molecule has 5 heteroatoms. The molecule has 0 spiro atoms. The van der Waals surface area contributed by atoms with Crippen LogP contribution < -0.4 is 0 Å². The molecule has 0 radical (unpaired) electrons. The van der Waals surface area contributed by atoms with Gasteiger partial charge in [-0.2, -0.15) is 0 Å². The molecule has 0 saturated carbocycles. The third-order valence-corrected chi connectivity index (χ3v) is 10.7. The number of aromatic nitrogens is 4. The number of para-hydroxylation sites is 2. The molecule has 0 fully saturated rings. The van der Waals surface area contributed by atoms with Crippen LogP contribution in [0, 0.1) is 0 Å². The predicted molar refractivity (Wildman–Crippen MR) is 225 cm³/mol. The van der Waals surface area contributed by atoms with Crippen LogP contribution in [0.2, 0.25) is 0 Å². The first-order chi connectivity index (χ1) is 27.3. The zero-order valence-electron chi connectivity index (χ0n) is 29.7. The van der Waals surface area contributed by atoms with E-state index in [2.05, 4.69) is 183 Å². The zero-order chi connectivity index (χ0) is 36.3. The van der Waals surface area contributed by atoms with Crippen molar-refractivity contribution in [2.75, 3.05) is 0 Å². The normalized spacial score (nSPS) is 11.6. The zero-order valence-corrected chi connectivity index (χ0v) is 29.7. The summed E-state index contributed by atoms with van der Waals surface area (Å²) in [5.41, 5.74) is 13.5. The van der Waals surface area contributed by atoms with Crippen molar-refractivity contribution in [3.05, 3.63) is 194 Å². The second kappa shape index (κ2) is 12.6. The lowest BCUT2D eigenvalue weighted by Gasteiger charge is -2.10. The molecule has 0 bridgehead atoms. The molecule has 11 rings (SSSR count). The highest BCUT2D eigenvalue weighted by Crippen LogP contribution is 2.39. The standard InChI is InChI=1S/C50H32N4O/c1-4-12-33(13-5-1)36-22-27-47-43(30-36)44-32-38(24-29-48(44)53(47)39-16-8-3-9-17-39)37-23-28-46-42(31-37)41-18-10-11-19-45(41)54(46)40-25-20-35(21-26-40)50-52-51-49(55-50)34-14-6-2-7-15-34/h1-32H. The minimum Gasteiger partial charge on any atom is -0.416 e. The molecular formula is C50H32N4O. The van der Waals surface area contributed by atoms with E-state index in [9.17, 15) is 0 Å². The van der Waals surface area contributed by atoms with E-state index < -0.39 is 0 Å². The summed E-state index contributed by atoms with van der Waals surface area (Å²) in [7, 11) is 0. The Kier molecular flexibility index (Phi) is 7.10. The molecule has 0 aliphatic carbocycles. The molecule has 0 amide bonds. The first kappa shape index (κ1) is 31.1. The van der Waals surface area contributed by atoms with E-state index in [0.29, 0.717) is 11.8 Å². The molecule has 0 N–H and O–H groups in total. The minimum absolute atomic E-state index is 0.498. The summed E-state index contributed by atoms with van der Waals surface area (Å²) >= 11 is 0. The van der Waals surface area contributed by atoms with Crippen LogP contribution in [0.4, 0.5) is 0 Å². The van der Waals surface area contributed by atoms with Gasteiger partial charge in [0.05, 0.1) is 22.1 Å². The third kappa shape index (κ3) is 5.17. The van der Waals surface area contributed by atoms with Crippen LogP contribution in [0.5, 0.6) is 0 Å². The van der Waals surface area contributed by atoms with Crippen LogP contribution in [-0.4, -0.2) is 19.3 Å². The molecule has 5 nitrogen and oxygen atoms in total. The van der Waals surface area contributed by atoms with Gasteiger partial charge in [-0.1, -0.05) is 103 Å². The van der Waals surface area contributed by atoms with Gasteiger partial charge in [-0.15, -0.1) is 10.2 Å². The van der Waals surface area contributed by atoms with Crippen LogP contribution in [-0.2, 0) is 0 Å². The fourth-order valence-corrected chi connectivity index (χ4v) is 8.09. The maximum atomic E-state index is 6.05. The molecule has 3 heterocycles. The van der Waals surface area contributed by atoms with Crippen molar-refractivity contribution in [3.63, 3.8) is 0 Å². The molecule has 0 saturated heterocycles. The summed E-state index contributed by atoms with van der Waals surface area (Å²) in [5, 5.41) is 13.5. The number of rotatable bonds is 6. The van der Waals surface area contributed by atoms with Crippen molar-refractivity contribution in [3.8, 4) is 56.5 Å². The fraction of sp³-hybridized carbons (Fsp3) is 0. The average Bonchev–Trinajstić information content (AvgIpc) is 3.97. The molecule has 0 aliphatic rings. The maximum Gasteiger partial charge on any atom is 0.248 e. The molecule has 3 aromatic heterocycles. The summed E-state index contributed by atoms with van der Waals surface area (Å²) < 4.78 is 10.8. The van der Waals surface area contributed by atoms with Gasteiger partial charge in [0, 0.05) is 44.0 Å². The van der Waals surface area contributed by atoms with Crippen molar-refractivity contribution in [1.82, 2.24) is 19.3 Å². The summed E-state index contributed by atoms with van der Waals surface area (Å²) in [6, 6.07) is 68.7. The highest BCUT2D eigenvalue weighted by atomic mass is 16.4. The number of hydrogen-bond acceptors (Lipinski definition) is 3. The van der Waals surface area contributed by atoms with Gasteiger partial charge < -0.3 is 13.6 Å². The Balaban J connectivity index is 1.02. The molecular weight excluding hydrogens is 673 g/mol. The van der Waals surface area contributed by atoms with E-state index >= 15 is 0 Å². The number of benzene rings is 8. The van der Waals surface area contributed by atoms with Crippen molar-refractivity contribution in [1.29, 1.82) is 0 Å². The Morgan fingerprint density at radius 3 is 1.24 bits per heavy atom. The summed E-state index contributed by atoms with van der Waals surface area (Å²) in [4.78, 5) is 0. The second-order valence-electron chi connectivity index (χ2n) is 13.9. The van der Waals surface area contributed by atoms with Gasteiger partial charge in [-0.3, -0.25) is 0 Å². The summed E-state index contributed by atoms with van der Waals surface area (Å²) in [6.45, 7) is 0. The molecule has 8 aromatic carbocycles. The van der Waals surface area contributed by atoms with E-state index in [0.717, 1.165) is 33.5 Å². The highest BCUT2D eigenvalue weighted by Gasteiger charge is 2.17. The predicted octanol–water partition coefficient (Wildman–Crippen LogP) is 12.9. The van der Waals surface area contributed by atoms with Gasteiger partial charge in [0.2, 0.25) is 11.8 Å². The molecule has 258 valence electrons. The first-order valence-corrected chi connectivity index (χ1v) is 18.5. The molecule has 11 aromatic rings. The molecule has 0 atom stereocenters. The maximum absolute atomic E-state index is 6.05. The van der Waals surface area contributed by atoms with Crippen LogP contribution in [0.3, 0.4) is 0 Å². The lowest BCUT2D eigenvalue weighted by atomic mass is 9.99. The average molecular weight is 705 g/mol. The van der Waals surface area contributed by atoms with E-state index in [1.54, 1.807) is 0 Å². The lowest BCUT2D eigenvalue weighted by Crippen LogP contribution is -1.94. The van der Waals surface area contributed by atoms with Crippen LogP contribution in [0.15, 0.2) is 199 Å².